The number of aliphatic hydroxyl groups is 3. The van der Waals surface area contributed by atoms with Crippen LogP contribution in [-0.2, 0) is 9.53 Å². The molecule has 0 radical (unpaired) electrons. The maximum atomic E-state index is 10.9. The lowest BCUT2D eigenvalue weighted by Crippen LogP contribution is -2.19. The Morgan fingerprint density at radius 1 is 1.32 bits per heavy atom. The van der Waals surface area contributed by atoms with Crippen molar-refractivity contribution in [3.05, 3.63) is 41.5 Å². The first-order chi connectivity index (χ1) is 9.08. The van der Waals surface area contributed by atoms with E-state index in [1.807, 2.05) is 0 Å². The van der Waals surface area contributed by atoms with Gasteiger partial charge in [0.15, 0.2) is 0 Å². The molecular formula is C14H18O5. The number of rotatable bonds is 6. The average molecular weight is 266 g/mol. The first-order valence-corrected chi connectivity index (χ1v) is 5.91. The van der Waals surface area contributed by atoms with Gasteiger partial charge in [0.05, 0.1) is 13.2 Å². The summed E-state index contributed by atoms with van der Waals surface area (Å²) >= 11 is 0. The highest BCUT2D eigenvalue weighted by Crippen LogP contribution is 2.19. The highest BCUT2D eigenvalue weighted by molar-refractivity contribution is 5.86. The summed E-state index contributed by atoms with van der Waals surface area (Å²) in [7, 11) is 1.30. The van der Waals surface area contributed by atoms with Crippen LogP contribution < -0.4 is 0 Å². The summed E-state index contributed by atoms with van der Waals surface area (Å²) in [4.78, 5) is 10.9. The van der Waals surface area contributed by atoms with E-state index in [-0.39, 0.29) is 13.0 Å². The molecular weight excluding hydrogens is 248 g/mol. The third-order valence-corrected chi connectivity index (χ3v) is 2.68. The van der Waals surface area contributed by atoms with Gasteiger partial charge in [0, 0.05) is 12.7 Å². The van der Waals surface area contributed by atoms with Gasteiger partial charge in [-0.25, -0.2) is 4.79 Å². The Bertz CT molecular complexity index is 424. The SMILES string of the molecule is COC(=O)/C=C/c1ccc(C(O)C(O)CCO)cc1. The number of benzene rings is 1. The van der Waals surface area contributed by atoms with Crippen LogP contribution in [0.4, 0.5) is 0 Å². The third-order valence-electron chi connectivity index (χ3n) is 2.68. The number of hydrogen-bond acceptors (Lipinski definition) is 5. The quantitative estimate of drug-likeness (QED) is 0.520. The molecule has 2 atom stereocenters. The second kappa shape index (κ2) is 7.68. The second-order valence-electron chi connectivity index (χ2n) is 4.05. The number of methoxy groups -OCH3 is 1. The minimum atomic E-state index is -1.04. The lowest BCUT2D eigenvalue weighted by Gasteiger charge is -2.17. The van der Waals surface area contributed by atoms with Crippen LogP contribution in [0.15, 0.2) is 30.3 Å². The largest absolute Gasteiger partial charge is 0.466 e. The molecule has 1 aromatic rings. The van der Waals surface area contributed by atoms with Crippen LogP contribution in [0, 0.1) is 0 Å². The number of carbonyl (C=O) groups excluding carboxylic acids is 1. The van der Waals surface area contributed by atoms with Crippen LogP contribution in [-0.4, -0.2) is 41.1 Å². The lowest BCUT2D eigenvalue weighted by atomic mass is 10.0. The normalized spacial score (nSPS) is 14.3. The third kappa shape index (κ3) is 4.82. The van der Waals surface area contributed by atoms with Crippen molar-refractivity contribution >= 4 is 12.0 Å². The molecule has 2 unspecified atom stereocenters. The summed E-state index contributed by atoms with van der Waals surface area (Å²) in [5.41, 5.74) is 1.33. The van der Waals surface area contributed by atoms with E-state index in [0.29, 0.717) is 5.56 Å². The van der Waals surface area contributed by atoms with E-state index in [2.05, 4.69) is 4.74 Å². The Morgan fingerprint density at radius 3 is 2.47 bits per heavy atom. The van der Waals surface area contributed by atoms with E-state index in [0.717, 1.165) is 5.56 Å². The predicted molar refractivity (Wildman–Crippen MR) is 70.2 cm³/mol. The molecule has 0 saturated carbocycles. The second-order valence-corrected chi connectivity index (χ2v) is 4.05. The number of aliphatic hydroxyl groups excluding tert-OH is 3. The van der Waals surface area contributed by atoms with E-state index >= 15 is 0 Å². The van der Waals surface area contributed by atoms with Crippen molar-refractivity contribution in [1.82, 2.24) is 0 Å². The van der Waals surface area contributed by atoms with Crippen LogP contribution in [0.2, 0.25) is 0 Å². The molecule has 3 N–H and O–H groups in total. The molecule has 0 amide bonds. The molecule has 1 rings (SSSR count). The maximum absolute atomic E-state index is 10.9. The number of carbonyl (C=O) groups is 1. The fourth-order valence-electron chi connectivity index (χ4n) is 1.55. The smallest absolute Gasteiger partial charge is 0.330 e. The van der Waals surface area contributed by atoms with E-state index in [4.69, 9.17) is 5.11 Å². The zero-order valence-electron chi connectivity index (χ0n) is 10.7. The van der Waals surface area contributed by atoms with Crippen molar-refractivity contribution in [3.8, 4) is 0 Å². The van der Waals surface area contributed by atoms with E-state index in [1.165, 1.54) is 13.2 Å². The van der Waals surface area contributed by atoms with E-state index < -0.39 is 18.2 Å². The summed E-state index contributed by atoms with van der Waals surface area (Å²) in [5, 5.41) is 28.1. The van der Waals surface area contributed by atoms with Crippen LogP contribution in [0.25, 0.3) is 6.08 Å². The molecule has 0 heterocycles. The summed E-state index contributed by atoms with van der Waals surface area (Å²) < 4.78 is 4.47. The lowest BCUT2D eigenvalue weighted by molar-refractivity contribution is -0.134. The first kappa shape index (κ1) is 15.4. The number of hydrogen-bond donors (Lipinski definition) is 3. The zero-order chi connectivity index (χ0) is 14.3. The highest BCUT2D eigenvalue weighted by atomic mass is 16.5. The Hall–Kier alpha value is -1.69. The fraction of sp³-hybridized carbons (Fsp3) is 0.357. The van der Waals surface area contributed by atoms with Gasteiger partial charge in [-0.3, -0.25) is 0 Å². The summed E-state index contributed by atoms with van der Waals surface area (Å²) in [6, 6.07) is 6.73. The van der Waals surface area contributed by atoms with Gasteiger partial charge in [-0.1, -0.05) is 24.3 Å². The molecule has 5 nitrogen and oxygen atoms in total. The molecule has 104 valence electrons. The molecule has 19 heavy (non-hydrogen) atoms. The Labute approximate surface area is 111 Å². The Kier molecular flexibility index (Phi) is 6.21. The monoisotopic (exact) mass is 266 g/mol. The summed E-state index contributed by atoms with van der Waals surface area (Å²) in [6.07, 6.45) is 0.968. The van der Waals surface area contributed by atoms with E-state index in [1.54, 1.807) is 30.3 Å². The molecule has 1 aromatic carbocycles. The zero-order valence-corrected chi connectivity index (χ0v) is 10.7. The van der Waals surface area contributed by atoms with Gasteiger partial charge in [0.1, 0.15) is 6.10 Å². The van der Waals surface area contributed by atoms with Crippen LogP contribution >= 0.6 is 0 Å². The standard InChI is InChI=1S/C14H18O5/c1-19-13(17)7-4-10-2-5-11(6-3-10)14(18)12(16)8-9-15/h2-7,12,14-16,18H,8-9H2,1H3/b7-4+. The maximum Gasteiger partial charge on any atom is 0.330 e. The Balaban J connectivity index is 2.70. The van der Waals surface area contributed by atoms with Gasteiger partial charge in [-0.05, 0) is 23.6 Å². The van der Waals surface area contributed by atoms with Crippen molar-refractivity contribution in [2.24, 2.45) is 0 Å². The van der Waals surface area contributed by atoms with Gasteiger partial charge in [-0.2, -0.15) is 0 Å². The summed E-state index contributed by atoms with van der Waals surface area (Å²) in [5.74, 6) is -0.442. The molecule has 0 bridgehead atoms. The highest BCUT2D eigenvalue weighted by Gasteiger charge is 2.17. The topological polar surface area (TPSA) is 87.0 Å². The average Bonchev–Trinajstić information content (AvgIpc) is 2.44. The molecule has 0 saturated heterocycles. The molecule has 0 aliphatic heterocycles. The molecule has 0 fully saturated rings. The number of esters is 1. The van der Waals surface area contributed by atoms with Crippen LogP contribution in [0.1, 0.15) is 23.7 Å². The van der Waals surface area contributed by atoms with Crippen molar-refractivity contribution in [2.45, 2.75) is 18.6 Å². The van der Waals surface area contributed by atoms with Crippen LogP contribution in [0.3, 0.4) is 0 Å². The van der Waals surface area contributed by atoms with Crippen LogP contribution in [0.5, 0.6) is 0 Å². The van der Waals surface area contributed by atoms with Crippen molar-refractivity contribution in [1.29, 1.82) is 0 Å². The molecule has 0 aliphatic carbocycles. The van der Waals surface area contributed by atoms with E-state index in [9.17, 15) is 15.0 Å². The molecule has 0 aromatic heterocycles. The van der Waals surface area contributed by atoms with Gasteiger partial charge in [0.25, 0.3) is 0 Å². The summed E-state index contributed by atoms with van der Waals surface area (Å²) in [6.45, 7) is -0.182. The van der Waals surface area contributed by atoms with Crippen molar-refractivity contribution in [2.75, 3.05) is 13.7 Å². The van der Waals surface area contributed by atoms with Crippen molar-refractivity contribution < 1.29 is 24.9 Å². The minimum absolute atomic E-state index is 0.116. The fourth-order valence-corrected chi connectivity index (χ4v) is 1.55. The van der Waals surface area contributed by atoms with Gasteiger partial charge in [-0.15, -0.1) is 0 Å². The number of ether oxygens (including phenoxy) is 1. The molecule has 0 spiro atoms. The molecule has 5 heteroatoms. The molecule has 0 aliphatic rings. The minimum Gasteiger partial charge on any atom is -0.466 e. The predicted octanol–water partition coefficient (Wildman–Crippen LogP) is 0.649. The first-order valence-electron chi connectivity index (χ1n) is 5.91. The van der Waals surface area contributed by atoms with Gasteiger partial charge < -0.3 is 20.1 Å². The Morgan fingerprint density at radius 2 is 1.95 bits per heavy atom. The van der Waals surface area contributed by atoms with Gasteiger partial charge in [0.2, 0.25) is 0 Å². The van der Waals surface area contributed by atoms with Crippen molar-refractivity contribution in [3.63, 3.8) is 0 Å². The van der Waals surface area contributed by atoms with Gasteiger partial charge >= 0.3 is 5.97 Å².